The molecule has 8 heteroatoms. The van der Waals surface area contributed by atoms with E-state index in [0.29, 0.717) is 11.3 Å². The fraction of sp³-hybridized carbons (Fsp3) is 0.480. The molecule has 0 bridgehead atoms. The van der Waals surface area contributed by atoms with E-state index >= 15 is 0 Å². The van der Waals surface area contributed by atoms with Crippen molar-refractivity contribution in [2.24, 2.45) is 28.0 Å². The van der Waals surface area contributed by atoms with Gasteiger partial charge in [-0.1, -0.05) is 19.9 Å². The van der Waals surface area contributed by atoms with Crippen LogP contribution in [0.5, 0.6) is 0 Å². The third-order valence-electron chi connectivity index (χ3n) is 7.82. The molecule has 2 aromatic rings. The topological polar surface area (TPSA) is 117 Å². The van der Waals surface area contributed by atoms with Gasteiger partial charge >= 0.3 is 0 Å². The van der Waals surface area contributed by atoms with E-state index in [1.165, 1.54) is 11.2 Å². The Morgan fingerprint density at radius 2 is 2.03 bits per heavy atom. The number of guanidine groups is 1. The first-order valence-electron chi connectivity index (χ1n) is 11.3. The number of methoxy groups -OCH3 is 1. The number of rotatable bonds is 3. The summed E-state index contributed by atoms with van der Waals surface area (Å²) >= 11 is 0. The van der Waals surface area contributed by atoms with Crippen LogP contribution in [0, 0.1) is 28.6 Å². The molecule has 1 fully saturated rings. The maximum atomic E-state index is 14.3. The first-order chi connectivity index (χ1) is 15.8. The molecule has 3 aliphatic rings. The highest BCUT2D eigenvalue weighted by atomic mass is 16.5. The largest absolute Gasteiger partial charge is 0.381 e. The van der Waals surface area contributed by atoms with Crippen molar-refractivity contribution in [3.8, 4) is 6.07 Å². The molecule has 0 saturated heterocycles. The Bertz CT molecular complexity index is 1160. The second kappa shape index (κ2) is 7.63. The molecule has 170 valence electrons. The second-order valence-electron chi connectivity index (χ2n) is 9.78. The fourth-order valence-electron chi connectivity index (χ4n) is 6.76. The van der Waals surface area contributed by atoms with Crippen molar-refractivity contribution in [1.82, 2.24) is 14.9 Å². The maximum Gasteiger partial charge on any atom is 0.262 e. The summed E-state index contributed by atoms with van der Waals surface area (Å²) in [6.45, 7) is 4.61. The van der Waals surface area contributed by atoms with Crippen molar-refractivity contribution in [2.75, 3.05) is 7.11 Å². The molecule has 2 N–H and O–H groups in total. The quantitative estimate of drug-likeness (QED) is 0.777. The molecule has 2 aliphatic carbocycles. The van der Waals surface area contributed by atoms with Crippen molar-refractivity contribution in [1.29, 1.82) is 5.26 Å². The van der Waals surface area contributed by atoms with Gasteiger partial charge in [0.1, 0.15) is 6.33 Å². The average Bonchev–Trinajstić information content (AvgIpc) is 3.20. The Labute approximate surface area is 193 Å². The highest BCUT2D eigenvalue weighted by Gasteiger charge is 2.68. The summed E-state index contributed by atoms with van der Waals surface area (Å²) in [4.78, 5) is 29.1. The van der Waals surface area contributed by atoms with Gasteiger partial charge in [0.05, 0.1) is 30.0 Å². The third kappa shape index (κ3) is 2.99. The number of nitrogens with zero attached hydrogens (tertiary/aromatic N) is 5. The lowest BCUT2D eigenvalue weighted by Gasteiger charge is -2.50. The summed E-state index contributed by atoms with van der Waals surface area (Å²) in [5, 5.41) is 9.58. The lowest BCUT2D eigenvalue weighted by atomic mass is 9.56. The van der Waals surface area contributed by atoms with Gasteiger partial charge in [0.15, 0.2) is 11.5 Å². The van der Waals surface area contributed by atoms with Gasteiger partial charge in [0.2, 0.25) is 0 Å². The number of amides is 1. The molecule has 8 nitrogen and oxygen atoms in total. The molecule has 0 radical (unpaired) electrons. The van der Waals surface area contributed by atoms with Crippen LogP contribution in [0.25, 0.3) is 0 Å². The minimum atomic E-state index is -1.15. The van der Waals surface area contributed by atoms with Crippen LogP contribution in [0.4, 0.5) is 0 Å². The van der Waals surface area contributed by atoms with Crippen LogP contribution in [-0.4, -0.2) is 39.9 Å². The van der Waals surface area contributed by atoms with E-state index < -0.39 is 11.0 Å². The van der Waals surface area contributed by atoms with Gasteiger partial charge in [0, 0.05) is 18.7 Å². The van der Waals surface area contributed by atoms with E-state index in [9.17, 15) is 10.1 Å². The predicted molar refractivity (Wildman–Crippen MR) is 122 cm³/mol. The van der Waals surface area contributed by atoms with Crippen molar-refractivity contribution >= 4 is 11.9 Å². The van der Waals surface area contributed by atoms with E-state index in [1.54, 1.807) is 19.4 Å². The summed E-state index contributed by atoms with van der Waals surface area (Å²) < 4.78 is 5.82. The number of aliphatic imine (C=N–C) groups is 1. The number of hydrogen-bond acceptors (Lipinski definition) is 7. The minimum Gasteiger partial charge on any atom is -0.381 e. The Morgan fingerprint density at radius 3 is 2.67 bits per heavy atom. The van der Waals surface area contributed by atoms with E-state index in [0.717, 1.165) is 30.4 Å². The summed E-state index contributed by atoms with van der Waals surface area (Å²) in [5.74, 6) is 0.561. The van der Waals surface area contributed by atoms with Crippen LogP contribution in [0.15, 0.2) is 41.8 Å². The Hall–Kier alpha value is -3.31. The molecule has 1 amide bonds. The van der Waals surface area contributed by atoms with Gasteiger partial charge in [-0.05, 0) is 60.4 Å². The lowest BCUT2D eigenvalue weighted by molar-refractivity contribution is -0.142. The fourth-order valence-corrected chi connectivity index (χ4v) is 6.76. The van der Waals surface area contributed by atoms with Gasteiger partial charge in [-0.2, -0.15) is 5.26 Å². The van der Waals surface area contributed by atoms with Gasteiger partial charge in [-0.15, -0.1) is 0 Å². The molecular formula is C25H28N6O2. The van der Waals surface area contributed by atoms with Gasteiger partial charge in [0.25, 0.3) is 5.91 Å². The molecule has 1 aromatic heterocycles. The van der Waals surface area contributed by atoms with Gasteiger partial charge in [-0.25, -0.2) is 15.0 Å². The number of ether oxygens (including phenoxy) is 1. The third-order valence-corrected chi connectivity index (χ3v) is 7.82. The molecule has 5 rings (SSSR count). The van der Waals surface area contributed by atoms with E-state index in [4.69, 9.17) is 15.5 Å². The minimum absolute atomic E-state index is 0.126. The Kier molecular flexibility index (Phi) is 4.98. The number of benzene rings is 1. The molecule has 0 unspecified atom stereocenters. The SMILES string of the molecule is CO[C@H]1[C@H](C)C[C@@]2(Cc3ccc(C#N)cc3[C@]23N=C(N)N(Cc2ccncn2)C3=O)C[C@@H]1C. The van der Waals surface area contributed by atoms with Crippen LogP contribution in [0.2, 0.25) is 0 Å². The predicted octanol–water partition coefficient (Wildman–Crippen LogP) is 2.52. The molecule has 1 aliphatic heterocycles. The van der Waals surface area contributed by atoms with Gasteiger partial charge in [-0.3, -0.25) is 9.69 Å². The average molecular weight is 445 g/mol. The number of carbonyl (C=O) groups is 1. The number of fused-ring (bicyclic) bond motifs is 3. The number of aromatic nitrogens is 2. The van der Waals surface area contributed by atoms with Gasteiger partial charge < -0.3 is 10.5 Å². The smallest absolute Gasteiger partial charge is 0.262 e. The first-order valence-corrected chi connectivity index (χ1v) is 11.3. The Balaban J connectivity index is 1.65. The molecule has 1 saturated carbocycles. The standard InChI is InChI=1S/C25H28N6O2/c1-15-9-24(10-16(2)21(15)33-3)11-18-5-4-17(12-26)8-20(18)25(24)22(32)31(23(27)30-25)13-19-6-7-28-14-29-19/h4-8,14-16,21H,9-11,13H2,1-3H3,(H2,27,30)/t15-,16+,21+,24+,25-/m1/s1. The summed E-state index contributed by atoms with van der Waals surface area (Å²) in [6.07, 6.45) is 5.53. The second-order valence-corrected chi connectivity index (χ2v) is 9.78. The summed E-state index contributed by atoms with van der Waals surface area (Å²) in [7, 11) is 1.76. The number of carbonyl (C=O) groups excluding carboxylic acids is 1. The van der Waals surface area contributed by atoms with Crippen LogP contribution >= 0.6 is 0 Å². The van der Waals surface area contributed by atoms with Crippen LogP contribution in [0.1, 0.15) is 49.1 Å². The highest BCUT2D eigenvalue weighted by Crippen LogP contribution is 2.63. The van der Waals surface area contributed by atoms with Crippen molar-refractivity contribution in [3.63, 3.8) is 0 Å². The summed E-state index contributed by atoms with van der Waals surface area (Å²) in [6, 6.07) is 9.64. The van der Waals surface area contributed by atoms with E-state index in [-0.39, 0.29) is 36.4 Å². The molecule has 5 atom stereocenters. The first kappa shape index (κ1) is 21.5. The summed E-state index contributed by atoms with van der Waals surface area (Å²) in [5.41, 5.74) is 7.95. The molecular weight excluding hydrogens is 416 g/mol. The van der Waals surface area contributed by atoms with Crippen molar-refractivity contribution < 1.29 is 9.53 Å². The maximum absolute atomic E-state index is 14.3. The van der Waals surface area contributed by atoms with E-state index in [1.807, 2.05) is 18.2 Å². The van der Waals surface area contributed by atoms with Crippen LogP contribution < -0.4 is 5.73 Å². The molecule has 2 spiro atoms. The number of nitrogens with two attached hydrogens (primary N) is 1. The molecule has 33 heavy (non-hydrogen) atoms. The lowest BCUT2D eigenvalue weighted by Crippen LogP contribution is -2.55. The monoisotopic (exact) mass is 444 g/mol. The normalized spacial score (nSPS) is 32.8. The zero-order valence-corrected chi connectivity index (χ0v) is 19.2. The van der Waals surface area contributed by atoms with Crippen molar-refractivity contribution in [3.05, 3.63) is 59.2 Å². The van der Waals surface area contributed by atoms with Crippen LogP contribution in [-0.2, 0) is 28.0 Å². The number of nitriles is 1. The Morgan fingerprint density at radius 1 is 1.27 bits per heavy atom. The van der Waals surface area contributed by atoms with Crippen LogP contribution in [0.3, 0.4) is 0 Å². The molecule has 2 heterocycles. The molecule has 1 aromatic carbocycles. The van der Waals surface area contributed by atoms with Crippen molar-refractivity contribution in [2.45, 2.75) is 51.3 Å². The number of hydrogen-bond donors (Lipinski definition) is 1. The highest BCUT2D eigenvalue weighted by molar-refractivity contribution is 6.08. The zero-order valence-electron chi connectivity index (χ0n) is 19.2. The zero-order chi connectivity index (χ0) is 23.4. The van der Waals surface area contributed by atoms with E-state index in [2.05, 4.69) is 29.9 Å².